The molecule has 178 valence electrons. The molecule has 3 aromatic rings. The topological polar surface area (TPSA) is 93.8 Å². The minimum atomic E-state index is -0.388. The summed E-state index contributed by atoms with van der Waals surface area (Å²) >= 11 is 0. The Hall–Kier alpha value is -3.81. The van der Waals surface area contributed by atoms with Gasteiger partial charge in [0.15, 0.2) is 6.61 Å². The molecule has 0 radical (unpaired) electrons. The van der Waals surface area contributed by atoms with Crippen molar-refractivity contribution in [2.75, 3.05) is 25.0 Å². The van der Waals surface area contributed by atoms with Gasteiger partial charge in [-0.05, 0) is 57.0 Å². The summed E-state index contributed by atoms with van der Waals surface area (Å²) in [6.45, 7) is 4.97. The molecule has 0 atom stereocenters. The zero-order chi connectivity index (χ0) is 24.1. The third-order valence-corrected chi connectivity index (χ3v) is 6.25. The first-order chi connectivity index (χ1) is 16.4. The largest absolute Gasteiger partial charge is 0.467 e. The Balaban J connectivity index is 1.26. The van der Waals surface area contributed by atoms with Gasteiger partial charge in [0.05, 0.1) is 18.7 Å². The Kier molecular flexibility index (Phi) is 7.15. The van der Waals surface area contributed by atoms with Crippen molar-refractivity contribution in [2.24, 2.45) is 5.92 Å². The van der Waals surface area contributed by atoms with Gasteiger partial charge in [0.1, 0.15) is 5.76 Å². The molecule has 8 heteroatoms. The summed E-state index contributed by atoms with van der Waals surface area (Å²) in [5.74, 6) is -0.136. The highest BCUT2D eigenvalue weighted by molar-refractivity contribution is 5.99. The van der Waals surface area contributed by atoms with Crippen LogP contribution in [0.5, 0.6) is 0 Å². The number of carbonyl (C=O) groups is 3. The van der Waals surface area contributed by atoms with E-state index < -0.39 is 0 Å². The average molecular weight is 464 g/mol. The van der Waals surface area contributed by atoms with E-state index in [0.717, 1.165) is 22.8 Å². The monoisotopic (exact) mass is 463 g/mol. The van der Waals surface area contributed by atoms with E-state index in [1.165, 1.54) is 0 Å². The molecule has 4 rings (SSSR count). The van der Waals surface area contributed by atoms with Crippen molar-refractivity contribution in [3.63, 3.8) is 0 Å². The van der Waals surface area contributed by atoms with Gasteiger partial charge in [0, 0.05) is 35.7 Å². The van der Waals surface area contributed by atoms with Crippen LogP contribution >= 0.6 is 0 Å². The first-order valence-electron chi connectivity index (χ1n) is 11.4. The fourth-order valence-corrected chi connectivity index (χ4v) is 4.26. The molecular weight excluding hydrogens is 434 g/mol. The fraction of sp³-hybridized carbons (Fsp3) is 0.346. The van der Waals surface area contributed by atoms with Crippen LogP contribution in [-0.2, 0) is 16.1 Å². The molecule has 0 spiro atoms. The van der Waals surface area contributed by atoms with Gasteiger partial charge in [-0.3, -0.25) is 9.59 Å². The molecule has 0 unspecified atom stereocenters. The normalized spacial score (nSPS) is 14.1. The van der Waals surface area contributed by atoms with Gasteiger partial charge < -0.3 is 23.9 Å². The number of hydrogen-bond donors (Lipinski definition) is 1. The molecule has 8 nitrogen and oxygen atoms in total. The number of aromatic nitrogens is 1. The van der Waals surface area contributed by atoms with E-state index in [-0.39, 0.29) is 30.3 Å². The summed E-state index contributed by atoms with van der Waals surface area (Å²) in [6, 6.07) is 14.6. The second kappa shape index (κ2) is 10.4. The fourth-order valence-electron chi connectivity index (χ4n) is 4.26. The lowest BCUT2D eigenvalue weighted by Crippen LogP contribution is -2.42. The lowest BCUT2D eigenvalue weighted by molar-refractivity contribution is -0.148. The van der Waals surface area contributed by atoms with Crippen molar-refractivity contribution in [3.05, 3.63) is 77.5 Å². The third-order valence-electron chi connectivity index (χ3n) is 6.25. The smallest absolute Gasteiger partial charge is 0.321 e. The highest BCUT2D eigenvalue weighted by Gasteiger charge is 2.29. The predicted molar refractivity (Wildman–Crippen MR) is 127 cm³/mol. The number of furan rings is 1. The van der Waals surface area contributed by atoms with Crippen LogP contribution in [0.15, 0.2) is 59.2 Å². The number of anilines is 1. The van der Waals surface area contributed by atoms with Crippen LogP contribution in [0.25, 0.3) is 0 Å². The molecule has 3 heterocycles. The summed E-state index contributed by atoms with van der Waals surface area (Å²) in [5.41, 5.74) is 3.03. The SMILES string of the molecule is Cc1cc(C(=O)COC(=O)C2CCN(C(=O)Nc3ccccc3)CC2)c(C)n1Cc1ccco1. The van der Waals surface area contributed by atoms with Crippen LogP contribution in [0.2, 0.25) is 0 Å². The molecule has 34 heavy (non-hydrogen) atoms. The number of benzene rings is 1. The summed E-state index contributed by atoms with van der Waals surface area (Å²) in [5, 5.41) is 2.86. The lowest BCUT2D eigenvalue weighted by atomic mass is 9.97. The molecular formula is C26H29N3O5. The summed E-state index contributed by atoms with van der Waals surface area (Å²) in [4.78, 5) is 39.4. The van der Waals surface area contributed by atoms with Gasteiger partial charge in [0.25, 0.3) is 0 Å². The van der Waals surface area contributed by atoms with E-state index in [2.05, 4.69) is 5.32 Å². The number of piperidine rings is 1. The maximum absolute atomic E-state index is 12.8. The van der Waals surface area contributed by atoms with Crippen LogP contribution in [0.3, 0.4) is 0 Å². The summed E-state index contributed by atoms with van der Waals surface area (Å²) < 4.78 is 12.8. The number of para-hydroxylation sites is 1. The van der Waals surface area contributed by atoms with Crippen molar-refractivity contribution in [3.8, 4) is 0 Å². The second-order valence-electron chi connectivity index (χ2n) is 8.54. The Morgan fingerprint density at radius 3 is 2.47 bits per heavy atom. The van der Waals surface area contributed by atoms with Crippen molar-refractivity contribution in [2.45, 2.75) is 33.2 Å². The number of ketones is 1. The number of ether oxygens (including phenoxy) is 1. The number of urea groups is 1. The number of hydrogen-bond acceptors (Lipinski definition) is 5. The maximum Gasteiger partial charge on any atom is 0.321 e. The van der Waals surface area contributed by atoms with Crippen molar-refractivity contribution < 1.29 is 23.5 Å². The maximum atomic E-state index is 12.8. The molecule has 1 N–H and O–H groups in total. The van der Waals surface area contributed by atoms with Gasteiger partial charge >= 0.3 is 12.0 Å². The van der Waals surface area contributed by atoms with Gasteiger partial charge in [0.2, 0.25) is 5.78 Å². The quantitative estimate of drug-likeness (QED) is 0.414. The number of amides is 2. The van der Waals surface area contributed by atoms with Gasteiger partial charge in [-0.2, -0.15) is 0 Å². The number of carbonyl (C=O) groups excluding carboxylic acids is 3. The molecule has 1 aromatic carbocycles. The van der Waals surface area contributed by atoms with E-state index in [4.69, 9.17) is 9.15 Å². The molecule has 1 aliphatic rings. The molecule has 2 aromatic heterocycles. The van der Waals surface area contributed by atoms with Crippen molar-refractivity contribution in [1.82, 2.24) is 9.47 Å². The minimum absolute atomic E-state index is 0.182. The number of aryl methyl sites for hydroxylation is 1. The Labute approximate surface area is 198 Å². The highest BCUT2D eigenvalue weighted by atomic mass is 16.5. The van der Waals surface area contributed by atoms with E-state index in [1.54, 1.807) is 11.2 Å². The van der Waals surface area contributed by atoms with E-state index in [1.807, 2.05) is 66.9 Å². The zero-order valence-corrected chi connectivity index (χ0v) is 19.5. The van der Waals surface area contributed by atoms with Gasteiger partial charge in [-0.15, -0.1) is 0 Å². The predicted octanol–water partition coefficient (Wildman–Crippen LogP) is 4.42. The average Bonchev–Trinajstić information content (AvgIpc) is 3.47. The number of nitrogens with zero attached hydrogens (tertiary/aromatic N) is 2. The highest BCUT2D eigenvalue weighted by Crippen LogP contribution is 2.21. The number of Topliss-reactive ketones (excluding diaryl/α,β-unsaturated/α-hetero) is 1. The molecule has 0 saturated carbocycles. The molecule has 0 bridgehead atoms. The van der Waals surface area contributed by atoms with Crippen molar-refractivity contribution in [1.29, 1.82) is 0 Å². The molecule has 1 aliphatic heterocycles. The number of rotatable bonds is 7. The van der Waals surface area contributed by atoms with Crippen LogP contribution in [-0.4, -0.2) is 46.9 Å². The van der Waals surface area contributed by atoms with E-state index in [9.17, 15) is 14.4 Å². The Bertz CT molecular complexity index is 1140. The third kappa shape index (κ3) is 5.39. The lowest BCUT2D eigenvalue weighted by Gasteiger charge is -2.30. The standard InChI is InChI=1S/C26H29N3O5/c1-18-15-23(19(2)29(18)16-22-9-6-14-33-22)24(30)17-34-25(31)20-10-12-28(13-11-20)26(32)27-21-7-4-3-5-8-21/h3-9,14-15,20H,10-13,16-17H2,1-2H3,(H,27,32). The zero-order valence-electron chi connectivity index (χ0n) is 19.5. The molecule has 1 fully saturated rings. The number of nitrogens with one attached hydrogen (secondary N) is 1. The first-order valence-corrected chi connectivity index (χ1v) is 11.4. The summed E-state index contributed by atoms with van der Waals surface area (Å²) in [7, 11) is 0. The Morgan fingerprint density at radius 2 is 1.79 bits per heavy atom. The summed E-state index contributed by atoms with van der Waals surface area (Å²) in [6.07, 6.45) is 2.63. The van der Waals surface area contributed by atoms with Crippen molar-refractivity contribution >= 4 is 23.5 Å². The van der Waals surface area contributed by atoms with E-state index in [0.29, 0.717) is 38.0 Å². The van der Waals surface area contributed by atoms with Crippen LogP contribution in [0, 0.1) is 19.8 Å². The molecule has 0 aliphatic carbocycles. The number of esters is 1. The van der Waals surface area contributed by atoms with Gasteiger partial charge in [-0.1, -0.05) is 18.2 Å². The van der Waals surface area contributed by atoms with Crippen LogP contribution in [0.4, 0.5) is 10.5 Å². The van der Waals surface area contributed by atoms with Gasteiger partial charge in [-0.25, -0.2) is 4.79 Å². The molecule has 2 amide bonds. The second-order valence-corrected chi connectivity index (χ2v) is 8.54. The number of likely N-dealkylation sites (tertiary alicyclic amines) is 1. The molecule has 1 saturated heterocycles. The van der Waals surface area contributed by atoms with Crippen LogP contribution < -0.4 is 5.32 Å². The first kappa shape index (κ1) is 23.4. The Morgan fingerprint density at radius 1 is 1.06 bits per heavy atom. The van der Waals surface area contributed by atoms with Crippen LogP contribution in [0.1, 0.15) is 40.3 Å². The van der Waals surface area contributed by atoms with E-state index >= 15 is 0 Å². The minimum Gasteiger partial charge on any atom is -0.467 e.